The SMILES string of the molecule is CNC(=O)C=CCC(=O)NC1CCN(C)CC1. The molecule has 0 aromatic heterocycles. The number of likely N-dealkylation sites (N-methyl/N-ethyl adjacent to an activating group) is 1. The van der Waals surface area contributed by atoms with E-state index in [-0.39, 0.29) is 24.3 Å². The first kappa shape index (κ1) is 13.7. The molecule has 1 rings (SSSR count). The van der Waals surface area contributed by atoms with E-state index < -0.39 is 0 Å². The Balaban J connectivity index is 2.21. The number of hydrogen-bond acceptors (Lipinski definition) is 3. The van der Waals surface area contributed by atoms with E-state index in [9.17, 15) is 9.59 Å². The van der Waals surface area contributed by atoms with E-state index in [1.54, 1.807) is 13.1 Å². The van der Waals surface area contributed by atoms with Crippen LogP contribution in [0, 0.1) is 0 Å². The van der Waals surface area contributed by atoms with Gasteiger partial charge in [-0.05, 0) is 39.1 Å². The van der Waals surface area contributed by atoms with Crippen LogP contribution >= 0.6 is 0 Å². The minimum atomic E-state index is -0.183. The van der Waals surface area contributed by atoms with Gasteiger partial charge >= 0.3 is 0 Å². The molecule has 5 heteroatoms. The lowest BCUT2D eigenvalue weighted by atomic mass is 10.1. The zero-order valence-corrected chi connectivity index (χ0v) is 10.5. The number of nitrogens with one attached hydrogen (secondary N) is 2. The third-order valence-corrected chi connectivity index (χ3v) is 2.90. The summed E-state index contributed by atoms with van der Waals surface area (Å²) in [5.74, 6) is -0.197. The summed E-state index contributed by atoms with van der Waals surface area (Å²) in [6, 6.07) is 0.284. The van der Waals surface area contributed by atoms with Crippen LogP contribution in [0.3, 0.4) is 0 Å². The first-order chi connectivity index (χ1) is 8.11. The average molecular weight is 239 g/mol. The van der Waals surface area contributed by atoms with E-state index >= 15 is 0 Å². The average Bonchev–Trinajstić information content (AvgIpc) is 2.32. The fourth-order valence-electron chi connectivity index (χ4n) is 1.80. The van der Waals surface area contributed by atoms with Crippen molar-refractivity contribution in [2.75, 3.05) is 27.2 Å². The Morgan fingerprint density at radius 3 is 2.59 bits per heavy atom. The van der Waals surface area contributed by atoms with Gasteiger partial charge in [0.15, 0.2) is 0 Å². The van der Waals surface area contributed by atoms with Crippen LogP contribution in [0.25, 0.3) is 0 Å². The topological polar surface area (TPSA) is 61.4 Å². The molecule has 0 aromatic carbocycles. The number of likely N-dealkylation sites (tertiary alicyclic amines) is 1. The summed E-state index contributed by atoms with van der Waals surface area (Å²) < 4.78 is 0. The zero-order valence-electron chi connectivity index (χ0n) is 10.5. The molecule has 0 spiro atoms. The van der Waals surface area contributed by atoms with Gasteiger partial charge in [-0.15, -0.1) is 0 Å². The second-order valence-corrected chi connectivity index (χ2v) is 4.37. The molecule has 0 unspecified atom stereocenters. The molecule has 1 saturated heterocycles. The molecule has 1 aliphatic heterocycles. The molecule has 1 heterocycles. The molecule has 0 saturated carbocycles. The number of nitrogens with zero attached hydrogens (tertiary/aromatic N) is 1. The molecule has 2 amide bonds. The molecular weight excluding hydrogens is 218 g/mol. The Hall–Kier alpha value is -1.36. The van der Waals surface area contributed by atoms with Crippen LogP contribution in [0.1, 0.15) is 19.3 Å². The molecule has 17 heavy (non-hydrogen) atoms. The third kappa shape index (κ3) is 5.49. The molecule has 2 N–H and O–H groups in total. The van der Waals surface area contributed by atoms with Crippen LogP contribution in [-0.2, 0) is 9.59 Å². The van der Waals surface area contributed by atoms with E-state index in [0.717, 1.165) is 25.9 Å². The van der Waals surface area contributed by atoms with Crippen molar-refractivity contribution in [2.24, 2.45) is 0 Å². The van der Waals surface area contributed by atoms with Gasteiger partial charge in [0, 0.05) is 19.5 Å². The van der Waals surface area contributed by atoms with Crippen LogP contribution in [0.5, 0.6) is 0 Å². The minimum absolute atomic E-state index is 0.0142. The van der Waals surface area contributed by atoms with E-state index in [1.807, 2.05) is 0 Å². The highest BCUT2D eigenvalue weighted by Gasteiger charge is 2.17. The zero-order chi connectivity index (χ0) is 12.7. The van der Waals surface area contributed by atoms with E-state index in [4.69, 9.17) is 0 Å². The lowest BCUT2D eigenvalue weighted by molar-refractivity contribution is -0.121. The fraction of sp³-hybridized carbons (Fsp3) is 0.667. The standard InChI is InChI=1S/C12H21N3O2/c1-13-11(16)4-3-5-12(17)14-10-6-8-15(2)9-7-10/h3-4,10H,5-9H2,1-2H3,(H,13,16)(H,14,17). The van der Waals surface area contributed by atoms with Gasteiger partial charge in [0.25, 0.3) is 0 Å². The lowest BCUT2D eigenvalue weighted by Crippen LogP contribution is -2.43. The normalized spacial score (nSPS) is 18.2. The number of piperidine rings is 1. The summed E-state index contributed by atoms with van der Waals surface area (Å²) in [5, 5.41) is 5.44. The molecular formula is C12H21N3O2. The van der Waals surface area contributed by atoms with Gasteiger partial charge in [0.1, 0.15) is 0 Å². The van der Waals surface area contributed by atoms with Gasteiger partial charge in [0.2, 0.25) is 11.8 Å². The molecule has 5 nitrogen and oxygen atoms in total. The third-order valence-electron chi connectivity index (χ3n) is 2.90. The lowest BCUT2D eigenvalue weighted by Gasteiger charge is -2.29. The van der Waals surface area contributed by atoms with Crippen LogP contribution in [0.4, 0.5) is 0 Å². The number of amides is 2. The van der Waals surface area contributed by atoms with Gasteiger partial charge in [-0.25, -0.2) is 0 Å². The highest BCUT2D eigenvalue weighted by molar-refractivity contribution is 5.88. The van der Waals surface area contributed by atoms with Crippen molar-refractivity contribution in [1.29, 1.82) is 0 Å². The molecule has 0 aliphatic carbocycles. The van der Waals surface area contributed by atoms with Crippen molar-refractivity contribution in [3.05, 3.63) is 12.2 Å². The van der Waals surface area contributed by atoms with Crippen molar-refractivity contribution >= 4 is 11.8 Å². The maximum atomic E-state index is 11.6. The van der Waals surface area contributed by atoms with Crippen molar-refractivity contribution in [3.8, 4) is 0 Å². The summed E-state index contributed by atoms with van der Waals surface area (Å²) in [4.78, 5) is 24.7. The van der Waals surface area contributed by atoms with Crippen LogP contribution in [0.15, 0.2) is 12.2 Å². The molecule has 0 bridgehead atoms. The minimum Gasteiger partial charge on any atom is -0.356 e. The van der Waals surface area contributed by atoms with Crippen molar-refractivity contribution < 1.29 is 9.59 Å². The van der Waals surface area contributed by atoms with Crippen LogP contribution < -0.4 is 10.6 Å². The van der Waals surface area contributed by atoms with Crippen molar-refractivity contribution in [1.82, 2.24) is 15.5 Å². The van der Waals surface area contributed by atoms with Gasteiger partial charge < -0.3 is 15.5 Å². The highest BCUT2D eigenvalue weighted by Crippen LogP contribution is 2.08. The monoisotopic (exact) mass is 239 g/mol. The predicted molar refractivity (Wildman–Crippen MR) is 66.5 cm³/mol. The summed E-state index contributed by atoms with van der Waals surface area (Å²) in [7, 11) is 3.65. The number of carbonyl (C=O) groups excluding carboxylic acids is 2. The van der Waals surface area contributed by atoms with E-state index in [1.165, 1.54) is 6.08 Å². The molecule has 0 radical (unpaired) electrons. The maximum absolute atomic E-state index is 11.6. The van der Waals surface area contributed by atoms with Crippen LogP contribution in [-0.4, -0.2) is 49.9 Å². The second kappa shape index (κ2) is 7.06. The maximum Gasteiger partial charge on any atom is 0.243 e. The van der Waals surface area contributed by atoms with E-state index in [2.05, 4.69) is 22.6 Å². The van der Waals surface area contributed by atoms with Crippen molar-refractivity contribution in [2.45, 2.75) is 25.3 Å². The van der Waals surface area contributed by atoms with Crippen LogP contribution in [0.2, 0.25) is 0 Å². The fourth-order valence-corrected chi connectivity index (χ4v) is 1.80. The van der Waals surface area contributed by atoms with Gasteiger partial charge in [-0.2, -0.15) is 0 Å². The quantitative estimate of drug-likeness (QED) is 0.673. The molecule has 1 aliphatic rings. The Kier molecular flexibility index (Phi) is 5.69. The van der Waals surface area contributed by atoms with Gasteiger partial charge in [-0.3, -0.25) is 9.59 Å². The molecule has 0 atom stereocenters. The highest BCUT2D eigenvalue weighted by atomic mass is 16.2. The Morgan fingerprint density at radius 1 is 1.35 bits per heavy atom. The molecule has 1 fully saturated rings. The summed E-state index contributed by atoms with van der Waals surface area (Å²) in [6.07, 6.45) is 5.24. The summed E-state index contributed by atoms with van der Waals surface area (Å²) >= 11 is 0. The Labute approximate surface area is 102 Å². The van der Waals surface area contributed by atoms with Gasteiger partial charge in [-0.1, -0.05) is 6.08 Å². The van der Waals surface area contributed by atoms with Gasteiger partial charge in [0.05, 0.1) is 0 Å². The summed E-state index contributed by atoms with van der Waals surface area (Å²) in [5.41, 5.74) is 0. The number of carbonyl (C=O) groups is 2. The largest absolute Gasteiger partial charge is 0.356 e. The Morgan fingerprint density at radius 2 is 2.00 bits per heavy atom. The number of rotatable bonds is 4. The predicted octanol–water partition coefficient (Wildman–Crippen LogP) is -0.111. The smallest absolute Gasteiger partial charge is 0.243 e. The first-order valence-electron chi connectivity index (χ1n) is 5.98. The second-order valence-electron chi connectivity index (χ2n) is 4.37. The summed E-state index contributed by atoms with van der Waals surface area (Å²) in [6.45, 7) is 2.05. The Bertz CT molecular complexity index is 294. The number of hydrogen-bond donors (Lipinski definition) is 2. The molecule has 0 aromatic rings. The first-order valence-corrected chi connectivity index (χ1v) is 5.98. The van der Waals surface area contributed by atoms with E-state index in [0.29, 0.717) is 0 Å². The molecule has 96 valence electrons. The van der Waals surface area contributed by atoms with Crippen molar-refractivity contribution in [3.63, 3.8) is 0 Å².